The molecule has 22 heavy (non-hydrogen) atoms. The Morgan fingerprint density at radius 3 is 2.55 bits per heavy atom. The fourth-order valence-electron chi connectivity index (χ4n) is 2.23. The number of aromatic nitrogens is 3. The van der Waals surface area contributed by atoms with Gasteiger partial charge < -0.3 is 11.1 Å². The lowest BCUT2D eigenvalue weighted by atomic mass is 9.98. The molecule has 6 nitrogen and oxygen atoms in total. The number of fused-ring (bicyclic) bond motifs is 1. The number of allylic oxidation sites excluding steroid dienone is 1. The van der Waals surface area contributed by atoms with Crippen LogP contribution in [0, 0.1) is 11.3 Å². The number of benzene rings is 1. The van der Waals surface area contributed by atoms with Crippen molar-refractivity contribution < 1.29 is 13.2 Å². The van der Waals surface area contributed by atoms with Crippen molar-refractivity contribution in [3.05, 3.63) is 53.1 Å². The molecule has 0 aliphatic carbocycles. The van der Waals surface area contributed by atoms with Gasteiger partial charge in [0.15, 0.2) is 0 Å². The van der Waals surface area contributed by atoms with Crippen LogP contribution in [-0.4, -0.2) is 14.8 Å². The molecule has 0 spiro atoms. The van der Waals surface area contributed by atoms with Crippen LogP contribution in [-0.2, 0) is 6.18 Å². The lowest BCUT2D eigenvalue weighted by Crippen LogP contribution is -2.28. The van der Waals surface area contributed by atoms with E-state index >= 15 is 0 Å². The highest BCUT2D eigenvalue weighted by atomic mass is 19.4. The van der Waals surface area contributed by atoms with E-state index in [-0.39, 0.29) is 17.3 Å². The number of hydrogen-bond donors (Lipinski definition) is 2. The van der Waals surface area contributed by atoms with Gasteiger partial charge in [0.1, 0.15) is 17.9 Å². The van der Waals surface area contributed by atoms with Crippen LogP contribution in [0.15, 0.2) is 41.7 Å². The molecular weight excluding hydrogens is 297 g/mol. The third-order valence-corrected chi connectivity index (χ3v) is 3.18. The van der Waals surface area contributed by atoms with Crippen molar-refractivity contribution in [1.82, 2.24) is 14.8 Å². The van der Waals surface area contributed by atoms with Crippen molar-refractivity contribution in [2.45, 2.75) is 12.2 Å². The summed E-state index contributed by atoms with van der Waals surface area (Å²) in [5, 5.41) is 15.2. The highest BCUT2D eigenvalue weighted by Crippen LogP contribution is 2.35. The number of nitrogens with one attached hydrogen (secondary N) is 1. The number of hydrogen-bond acceptors (Lipinski definition) is 5. The summed E-state index contributed by atoms with van der Waals surface area (Å²) < 4.78 is 39.4. The van der Waals surface area contributed by atoms with Gasteiger partial charge in [-0.05, 0) is 5.56 Å². The third-order valence-electron chi connectivity index (χ3n) is 3.18. The molecule has 112 valence electrons. The van der Waals surface area contributed by atoms with Crippen molar-refractivity contribution in [2.24, 2.45) is 5.73 Å². The minimum atomic E-state index is -4.69. The molecule has 0 saturated heterocycles. The molecule has 1 atom stereocenters. The Hall–Kier alpha value is -3.02. The number of rotatable bonds is 1. The standard InChI is InChI=1S/C13H9F3N6/c14-13(15,16)11-20-12-19-10(18)8(6-17)9(22(12)21-11)7-4-2-1-3-5-7/h1-5,9H,18H2,(H,19,20,21)/t9-/m0/s1. The fraction of sp³-hybridized carbons (Fsp3) is 0.154. The molecule has 0 saturated carbocycles. The van der Waals surface area contributed by atoms with E-state index in [0.717, 1.165) is 4.68 Å². The number of alkyl halides is 3. The monoisotopic (exact) mass is 306 g/mol. The van der Waals surface area contributed by atoms with Crippen LogP contribution in [0.4, 0.5) is 19.1 Å². The van der Waals surface area contributed by atoms with Crippen molar-refractivity contribution in [3.63, 3.8) is 0 Å². The predicted molar refractivity (Wildman–Crippen MR) is 70.1 cm³/mol. The molecule has 3 N–H and O–H groups in total. The third kappa shape index (κ3) is 2.14. The van der Waals surface area contributed by atoms with E-state index in [1.807, 2.05) is 6.07 Å². The molecule has 1 aliphatic heterocycles. The van der Waals surface area contributed by atoms with E-state index in [1.165, 1.54) is 0 Å². The smallest absolute Gasteiger partial charge is 0.384 e. The number of nitrogens with two attached hydrogens (primary N) is 1. The van der Waals surface area contributed by atoms with E-state index in [0.29, 0.717) is 5.56 Å². The van der Waals surface area contributed by atoms with Gasteiger partial charge in [0.25, 0.3) is 5.82 Å². The summed E-state index contributed by atoms with van der Waals surface area (Å²) in [6.07, 6.45) is -4.69. The SMILES string of the molecule is N#CC1=C(N)Nc2nc(C(F)(F)F)nn2[C@H]1c1ccccc1. The van der Waals surface area contributed by atoms with Gasteiger partial charge in [-0.25, -0.2) is 4.68 Å². The highest BCUT2D eigenvalue weighted by molar-refractivity contribution is 5.51. The minimum absolute atomic E-state index is 0.0371. The molecule has 2 heterocycles. The molecule has 0 fully saturated rings. The second-order valence-electron chi connectivity index (χ2n) is 4.58. The van der Waals surface area contributed by atoms with Crippen LogP contribution in [0.3, 0.4) is 0 Å². The van der Waals surface area contributed by atoms with Gasteiger partial charge >= 0.3 is 6.18 Å². The normalized spacial score (nSPS) is 17.6. The molecule has 0 radical (unpaired) electrons. The molecule has 9 heteroatoms. The van der Waals surface area contributed by atoms with Crippen LogP contribution in [0.1, 0.15) is 17.4 Å². The summed E-state index contributed by atoms with van der Waals surface area (Å²) in [4.78, 5) is 3.41. The van der Waals surface area contributed by atoms with Gasteiger partial charge in [-0.15, -0.1) is 5.10 Å². The van der Waals surface area contributed by atoms with Crippen LogP contribution >= 0.6 is 0 Å². The van der Waals surface area contributed by atoms with E-state index in [2.05, 4.69) is 15.4 Å². The second-order valence-corrected chi connectivity index (χ2v) is 4.58. The summed E-state index contributed by atoms with van der Waals surface area (Å²) in [7, 11) is 0. The number of anilines is 1. The van der Waals surface area contributed by atoms with Gasteiger partial charge in [0.05, 0.1) is 5.57 Å². The first kappa shape index (κ1) is 13.9. The van der Waals surface area contributed by atoms with Gasteiger partial charge in [-0.1, -0.05) is 30.3 Å². The van der Waals surface area contributed by atoms with Crippen LogP contribution in [0.5, 0.6) is 0 Å². The second kappa shape index (κ2) is 4.77. The zero-order valence-corrected chi connectivity index (χ0v) is 11.0. The fourth-order valence-corrected chi connectivity index (χ4v) is 2.23. The summed E-state index contributed by atoms with van der Waals surface area (Å²) in [6.45, 7) is 0. The Labute approximate surface area is 122 Å². The topological polar surface area (TPSA) is 92.6 Å². The van der Waals surface area contributed by atoms with E-state index in [9.17, 15) is 18.4 Å². The minimum Gasteiger partial charge on any atom is -0.384 e. The van der Waals surface area contributed by atoms with E-state index in [1.54, 1.807) is 30.3 Å². The average molecular weight is 306 g/mol. The van der Waals surface area contributed by atoms with Gasteiger partial charge in [-0.2, -0.15) is 23.4 Å². The Balaban J connectivity index is 2.19. The Morgan fingerprint density at radius 1 is 1.27 bits per heavy atom. The molecule has 1 aliphatic rings. The highest BCUT2D eigenvalue weighted by Gasteiger charge is 2.40. The zero-order chi connectivity index (χ0) is 15.9. The molecule has 1 aromatic heterocycles. The summed E-state index contributed by atoms with van der Waals surface area (Å²) in [5.41, 5.74) is 6.40. The molecule has 0 unspecified atom stereocenters. The van der Waals surface area contributed by atoms with Crippen LogP contribution < -0.4 is 11.1 Å². The van der Waals surface area contributed by atoms with Gasteiger partial charge in [0.2, 0.25) is 5.95 Å². The number of nitrogens with zero attached hydrogens (tertiary/aromatic N) is 4. The first-order chi connectivity index (χ1) is 10.4. The quantitative estimate of drug-likeness (QED) is 0.840. The Kier molecular flexibility index (Phi) is 3.02. The maximum absolute atomic E-state index is 12.8. The van der Waals surface area contributed by atoms with Gasteiger partial charge in [-0.3, -0.25) is 0 Å². The van der Waals surface area contributed by atoms with Crippen molar-refractivity contribution in [3.8, 4) is 6.07 Å². The Morgan fingerprint density at radius 2 is 1.95 bits per heavy atom. The molecule has 1 aromatic carbocycles. The van der Waals surface area contributed by atoms with Crippen molar-refractivity contribution in [1.29, 1.82) is 5.26 Å². The maximum Gasteiger partial charge on any atom is 0.453 e. The van der Waals surface area contributed by atoms with Gasteiger partial charge in [0, 0.05) is 0 Å². The summed E-state index contributed by atoms with van der Waals surface area (Å²) in [6, 6.07) is 9.60. The predicted octanol–water partition coefficient (Wildman–Crippen LogP) is 2.01. The molecule has 0 amide bonds. The lowest BCUT2D eigenvalue weighted by molar-refractivity contribution is -0.145. The van der Waals surface area contributed by atoms with Crippen LogP contribution in [0.2, 0.25) is 0 Å². The van der Waals surface area contributed by atoms with Crippen molar-refractivity contribution in [2.75, 3.05) is 5.32 Å². The summed E-state index contributed by atoms with van der Waals surface area (Å²) >= 11 is 0. The molecular formula is C13H9F3N6. The zero-order valence-electron chi connectivity index (χ0n) is 11.0. The van der Waals surface area contributed by atoms with Crippen LogP contribution in [0.25, 0.3) is 0 Å². The molecule has 3 rings (SSSR count). The van der Waals surface area contributed by atoms with E-state index < -0.39 is 18.0 Å². The summed E-state index contributed by atoms with van der Waals surface area (Å²) in [5.74, 6) is -1.48. The maximum atomic E-state index is 12.8. The lowest BCUT2D eigenvalue weighted by Gasteiger charge is -2.25. The first-order valence-corrected chi connectivity index (χ1v) is 6.17. The number of nitriles is 1. The average Bonchev–Trinajstić information content (AvgIpc) is 2.90. The van der Waals surface area contributed by atoms with E-state index in [4.69, 9.17) is 5.73 Å². The Bertz CT molecular complexity index is 784. The largest absolute Gasteiger partial charge is 0.453 e. The van der Waals surface area contributed by atoms with Crippen molar-refractivity contribution >= 4 is 5.95 Å². The molecule has 2 aromatic rings. The number of halogens is 3. The first-order valence-electron chi connectivity index (χ1n) is 6.17. The molecule has 0 bridgehead atoms.